The Morgan fingerprint density at radius 2 is 1.91 bits per heavy atom. The molecule has 2 aromatic heterocycles. The van der Waals surface area contributed by atoms with Crippen LogP contribution in [0.3, 0.4) is 0 Å². The number of nitrogens with zero attached hydrogens (tertiary/aromatic N) is 2. The number of fused-ring (bicyclic) bond motifs is 1. The van der Waals surface area contributed by atoms with E-state index in [1.807, 2.05) is 13.0 Å². The SMILES string of the molecule is COc1cc(=O)n2c(c1C(=O)NC(C)c1ccco1)CCN(Cc1cc(C)cc(C)c1)CC2. The van der Waals surface area contributed by atoms with Gasteiger partial charge in [-0.3, -0.25) is 14.5 Å². The summed E-state index contributed by atoms with van der Waals surface area (Å²) in [6, 6.07) is 11.3. The number of methoxy groups -OCH3 is 1. The Bertz CT molecular complexity index is 1180. The summed E-state index contributed by atoms with van der Waals surface area (Å²) in [6.45, 7) is 8.88. The number of carbonyl (C=O) groups is 1. The molecule has 1 amide bonds. The fourth-order valence-electron chi connectivity index (χ4n) is 4.65. The van der Waals surface area contributed by atoms with Crippen LogP contribution in [-0.2, 0) is 19.5 Å². The zero-order valence-corrected chi connectivity index (χ0v) is 19.7. The molecule has 1 aliphatic rings. The van der Waals surface area contributed by atoms with Crippen molar-refractivity contribution in [3.05, 3.63) is 86.7 Å². The van der Waals surface area contributed by atoms with Gasteiger partial charge in [-0.2, -0.15) is 0 Å². The second-order valence-corrected chi connectivity index (χ2v) is 8.76. The van der Waals surface area contributed by atoms with Crippen LogP contribution < -0.4 is 15.6 Å². The van der Waals surface area contributed by atoms with Gasteiger partial charge in [-0.25, -0.2) is 0 Å². The molecule has 0 saturated carbocycles. The highest BCUT2D eigenvalue weighted by Crippen LogP contribution is 2.25. The quantitative estimate of drug-likeness (QED) is 0.622. The van der Waals surface area contributed by atoms with Gasteiger partial charge in [0, 0.05) is 44.4 Å². The molecule has 3 aromatic rings. The van der Waals surface area contributed by atoms with Gasteiger partial charge in [0.1, 0.15) is 17.1 Å². The van der Waals surface area contributed by atoms with Gasteiger partial charge in [-0.15, -0.1) is 0 Å². The number of amides is 1. The average Bonchev–Trinajstić information content (AvgIpc) is 3.22. The summed E-state index contributed by atoms with van der Waals surface area (Å²) >= 11 is 0. The van der Waals surface area contributed by atoms with E-state index in [1.165, 1.54) is 29.9 Å². The lowest BCUT2D eigenvalue weighted by Crippen LogP contribution is -2.32. The molecule has 1 unspecified atom stereocenters. The second kappa shape index (κ2) is 9.67. The minimum atomic E-state index is -0.309. The Morgan fingerprint density at radius 1 is 1.15 bits per heavy atom. The Labute approximate surface area is 194 Å². The molecule has 0 fully saturated rings. The fraction of sp³-hybridized carbons (Fsp3) is 0.385. The molecule has 1 aromatic carbocycles. The summed E-state index contributed by atoms with van der Waals surface area (Å²) in [7, 11) is 1.49. The van der Waals surface area contributed by atoms with Gasteiger partial charge < -0.3 is 19.0 Å². The summed E-state index contributed by atoms with van der Waals surface area (Å²) in [5.74, 6) is 0.696. The lowest BCUT2D eigenvalue weighted by molar-refractivity contribution is 0.0930. The van der Waals surface area contributed by atoms with E-state index in [2.05, 4.69) is 42.3 Å². The van der Waals surface area contributed by atoms with E-state index in [0.29, 0.717) is 35.7 Å². The van der Waals surface area contributed by atoms with E-state index < -0.39 is 0 Å². The van der Waals surface area contributed by atoms with Crippen molar-refractivity contribution in [1.82, 2.24) is 14.8 Å². The normalized spacial score (nSPS) is 14.9. The Hall–Kier alpha value is -3.32. The van der Waals surface area contributed by atoms with E-state index in [1.54, 1.807) is 16.9 Å². The molecule has 174 valence electrons. The number of pyridine rings is 1. The van der Waals surface area contributed by atoms with Gasteiger partial charge in [0.2, 0.25) is 0 Å². The molecular formula is C26H31N3O4. The standard InChI is InChI=1S/C26H31N3O4/c1-17-12-18(2)14-20(13-17)16-28-8-7-21-25(23(32-4)15-24(30)29(21)10-9-28)26(31)27-19(3)22-6-5-11-33-22/h5-6,11-15,19H,7-10,16H2,1-4H3,(H,27,31). The van der Waals surface area contributed by atoms with Crippen LogP contribution in [0.2, 0.25) is 0 Å². The van der Waals surface area contributed by atoms with Gasteiger partial charge in [0.25, 0.3) is 11.5 Å². The minimum absolute atomic E-state index is 0.147. The number of nitrogens with one attached hydrogen (secondary N) is 1. The zero-order chi connectivity index (χ0) is 23.5. The number of ether oxygens (including phenoxy) is 1. The Morgan fingerprint density at radius 3 is 2.58 bits per heavy atom. The van der Waals surface area contributed by atoms with Crippen molar-refractivity contribution < 1.29 is 13.9 Å². The van der Waals surface area contributed by atoms with Crippen LogP contribution in [0.15, 0.2) is 51.9 Å². The van der Waals surface area contributed by atoms with Gasteiger partial charge in [-0.05, 0) is 38.5 Å². The van der Waals surface area contributed by atoms with Crippen molar-refractivity contribution in [2.45, 2.75) is 46.3 Å². The van der Waals surface area contributed by atoms with Crippen LogP contribution in [0.4, 0.5) is 0 Å². The van der Waals surface area contributed by atoms with Crippen molar-refractivity contribution in [2.75, 3.05) is 20.2 Å². The lowest BCUT2D eigenvalue weighted by atomic mass is 10.1. The first-order chi connectivity index (χ1) is 15.9. The van der Waals surface area contributed by atoms with E-state index >= 15 is 0 Å². The van der Waals surface area contributed by atoms with Crippen molar-refractivity contribution >= 4 is 5.91 Å². The third-order valence-electron chi connectivity index (χ3n) is 6.14. The molecule has 1 atom stereocenters. The molecule has 0 aliphatic carbocycles. The highest BCUT2D eigenvalue weighted by atomic mass is 16.5. The van der Waals surface area contributed by atoms with Crippen molar-refractivity contribution in [3.63, 3.8) is 0 Å². The molecule has 1 aliphatic heterocycles. The number of benzene rings is 1. The summed E-state index contributed by atoms with van der Waals surface area (Å²) in [6.07, 6.45) is 2.16. The molecule has 7 heteroatoms. The first kappa shape index (κ1) is 22.9. The third-order valence-corrected chi connectivity index (χ3v) is 6.14. The summed E-state index contributed by atoms with van der Waals surface area (Å²) in [5, 5.41) is 2.99. The molecular weight excluding hydrogens is 418 g/mol. The van der Waals surface area contributed by atoms with E-state index in [9.17, 15) is 9.59 Å². The molecule has 0 spiro atoms. The van der Waals surface area contributed by atoms with Crippen LogP contribution in [0.5, 0.6) is 5.75 Å². The summed E-state index contributed by atoms with van der Waals surface area (Å²) in [4.78, 5) is 28.5. The van der Waals surface area contributed by atoms with Crippen molar-refractivity contribution in [3.8, 4) is 5.75 Å². The maximum absolute atomic E-state index is 13.3. The topological polar surface area (TPSA) is 76.7 Å². The number of rotatable bonds is 6. The van der Waals surface area contributed by atoms with Crippen LogP contribution in [0, 0.1) is 13.8 Å². The van der Waals surface area contributed by atoms with Crippen LogP contribution in [0.25, 0.3) is 0 Å². The predicted molar refractivity (Wildman–Crippen MR) is 127 cm³/mol. The van der Waals surface area contributed by atoms with E-state index in [0.717, 1.165) is 19.6 Å². The lowest BCUT2D eigenvalue weighted by Gasteiger charge is -2.20. The maximum Gasteiger partial charge on any atom is 0.257 e. The number of aromatic nitrogens is 1. The average molecular weight is 450 g/mol. The van der Waals surface area contributed by atoms with Crippen LogP contribution in [0.1, 0.15) is 51.5 Å². The Balaban J connectivity index is 1.60. The molecule has 1 N–H and O–H groups in total. The van der Waals surface area contributed by atoms with E-state index in [-0.39, 0.29) is 17.5 Å². The number of furan rings is 1. The predicted octanol–water partition coefficient (Wildman–Crippen LogP) is 3.62. The van der Waals surface area contributed by atoms with Crippen molar-refractivity contribution in [2.24, 2.45) is 0 Å². The molecule has 0 saturated heterocycles. The third kappa shape index (κ3) is 5.03. The fourth-order valence-corrected chi connectivity index (χ4v) is 4.65. The summed E-state index contributed by atoms with van der Waals surface area (Å²) in [5.41, 5.74) is 4.73. The van der Waals surface area contributed by atoms with Gasteiger partial charge in [-0.1, -0.05) is 29.3 Å². The minimum Gasteiger partial charge on any atom is -0.496 e. The first-order valence-corrected chi connectivity index (χ1v) is 11.3. The molecule has 0 radical (unpaired) electrons. The van der Waals surface area contributed by atoms with Gasteiger partial charge >= 0.3 is 0 Å². The molecule has 3 heterocycles. The zero-order valence-electron chi connectivity index (χ0n) is 19.7. The maximum atomic E-state index is 13.3. The van der Waals surface area contributed by atoms with Crippen LogP contribution >= 0.6 is 0 Å². The molecule has 4 rings (SSSR count). The second-order valence-electron chi connectivity index (χ2n) is 8.76. The smallest absolute Gasteiger partial charge is 0.257 e. The van der Waals surface area contributed by atoms with E-state index in [4.69, 9.17) is 9.15 Å². The molecule has 33 heavy (non-hydrogen) atoms. The largest absolute Gasteiger partial charge is 0.496 e. The number of hydrogen-bond acceptors (Lipinski definition) is 5. The number of hydrogen-bond donors (Lipinski definition) is 1. The van der Waals surface area contributed by atoms with Crippen LogP contribution in [-0.4, -0.2) is 35.6 Å². The summed E-state index contributed by atoms with van der Waals surface area (Å²) < 4.78 is 12.6. The van der Waals surface area contributed by atoms with Gasteiger partial charge in [0.15, 0.2) is 0 Å². The molecule has 0 bridgehead atoms. The van der Waals surface area contributed by atoms with Crippen molar-refractivity contribution in [1.29, 1.82) is 0 Å². The monoisotopic (exact) mass is 449 g/mol. The Kier molecular flexibility index (Phi) is 6.70. The molecule has 7 nitrogen and oxygen atoms in total. The number of carbonyl (C=O) groups excluding carboxylic acids is 1. The first-order valence-electron chi connectivity index (χ1n) is 11.3. The highest BCUT2D eigenvalue weighted by molar-refractivity contribution is 5.98. The number of aryl methyl sites for hydroxylation is 2. The highest BCUT2D eigenvalue weighted by Gasteiger charge is 2.26. The van der Waals surface area contributed by atoms with Gasteiger partial charge in [0.05, 0.1) is 19.4 Å².